The summed E-state index contributed by atoms with van der Waals surface area (Å²) in [7, 11) is 0. The molecule has 1 saturated heterocycles. The molecule has 1 aliphatic heterocycles. The second-order valence-corrected chi connectivity index (χ2v) is 5.83. The lowest BCUT2D eigenvalue weighted by Crippen LogP contribution is -2.44. The van der Waals surface area contributed by atoms with Crippen LogP contribution in [0.25, 0.3) is 0 Å². The van der Waals surface area contributed by atoms with Gasteiger partial charge in [0.05, 0.1) is 5.41 Å². The zero-order chi connectivity index (χ0) is 12.2. The monoisotopic (exact) mass is 226 g/mol. The first kappa shape index (κ1) is 13.5. The summed E-state index contributed by atoms with van der Waals surface area (Å²) in [5.41, 5.74) is -0.188. The number of rotatable bonds is 5. The first-order chi connectivity index (χ1) is 7.44. The summed E-state index contributed by atoms with van der Waals surface area (Å²) in [4.78, 5) is 12.1. The van der Waals surface area contributed by atoms with Crippen molar-refractivity contribution < 1.29 is 4.79 Å². The molecule has 2 atom stereocenters. The molecule has 0 aromatic rings. The molecule has 0 aromatic carbocycles. The molecule has 3 nitrogen and oxygen atoms in total. The van der Waals surface area contributed by atoms with Crippen molar-refractivity contribution in [3.8, 4) is 0 Å². The molecule has 2 unspecified atom stereocenters. The molecule has 0 radical (unpaired) electrons. The Labute approximate surface area is 99.4 Å². The molecule has 16 heavy (non-hydrogen) atoms. The van der Waals surface area contributed by atoms with Crippen LogP contribution in [0.3, 0.4) is 0 Å². The molecule has 0 aromatic heterocycles. The van der Waals surface area contributed by atoms with Gasteiger partial charge in [-0.25, -0.2) is 0 Å². The number of hydrogen-bond acceptors (Lipinski definition) is 2. The lowest BCUT2D eigenvalue weighted by atomic mass is 9.88. The van der Waals surface area contributed by atoms with Crippen molar-refractivity contribution in [2.75, 3.05) is 13.1 Å². The average Bonchev–Trinajstić information content (AvgIpc) is 2.63. The van der Waals surface area contributed by atoms with Gasteiger partial charge in [0.15, 0.2) is 0 Å². The van der Waals surface area contributed by atoms with E-state index in [1.165, 1.54) is 6.42 Å². The van der Waals surface area contributed by atoms with Crippen molar-refractivity contribution in [2.24, 2.45) is 11.3 Å². The van der Waals surface area contributed by atoms with Gasteiger partial charge in [0, 0.05) is 12.6 Å². The summed E-state index contributed by atoms with van der Waals surface area (Å²) >= 11 is 0. The van der Waals surface area contributed by atoms with E-state index in [0.717, 1.165) is 25.9 Å². The van der Waals surface area contributed by atoms with E-state index in [2.05, 4.69) is 38.3 Å². The number of carbonyl (C=O) groups is 1. The Kier molecular flexibility index (Phi) is 4.78. The van der Waals surface area contributed by atoms with E-state index in [1.807, 2.05) is 0 Å². The van der Waals surface area contributed by atoms with Crippen LogP contribution < -0.4 is 10.6 Å². The zero-order valence-electron chi connectivity index (χ0n) is 11.1. The maximum atomic E-state index is 12.1. The largest absolute Gasteiger partial charge is 0.353 e. The van der Waals surface area contributed by atoms with E-state index in [9.17, 15) is 4.79 Å². The SMILES string of the molecule is CC(C)CCC(C)NC(=O)C1(C)CCNC1. The molecule has 1 heterocycles. The highest BCUT2D eigenvalue weighted by Crippen LogP contribution is 2.24. The minimum Gasteiger partial charge on any atom is -0.353 e. The van der Waals surface area contributed by atoms with Crippen LogP contribution in [0.1, 0.15) is 47.0 Å². The van der Waals surface area contributed by atoms with Gasteiger partial charge >= 0.3 is 0 Å². The van der Waals surface area contributed by atoms with E-state index in [0.29, 0.717) is 12.0 Å². The normalized spacial score (nSPS) is 27.1. The predicted molar refractivity (Wildman–Crippen MR) is 67.3 cm³/mol. The minimum absolute atomic E-state index is 0.188. The number of nitrogens with one attached hydrogen (secondary N) is 2. The van der Waals surface area contributed by atoms with Gasteiger partial charge in [-0.15, -0.1) is 0 Å². The molecule has 1 amide bonds. The van der Waals surface area contributed by atoms with Crippen molar-refractivity contribution in [3.05, 3.63) is 0 Å². The predicted octanol–water partition coefficient (Wildman–Crippen LogP) is 1.93. The summed E-state index contributed by atoms with van der Waals surface area (Å²) in [5.74, 6) is 0.928. The molecule has 1 fully saturated rings. The van der Waals surface area contributed by atoms with Crippen LogP contribution in [-0.4, -0.2) is 25.0 Å². The van der Waals surface area contributed by atoms with E-state index in [1.54, 1.807) is 0 Å². The molecule has 0 saturated carbocycles. The minimum atomic E-state index is -0.188. The van der Waals surface area contributed by atoms with Gasteiger partial charge in [-0.2, -0.15) is 0 Å². The molecule has 1 rings (SSSR count). The zero-order valence-corrected chi connectivity index (χ0v) is 11.1. The van der Waals surface area contributed by atoms with E-state index >= 15 is 0 Å². The van der Waals surface area contributed by atoms with Crippen LogP contribution in [0.5, 0.6) is 0 Å². The van der Waals surface area contributed by atoms with Crippen molar-refractivity contribution in [2.45, 2.75) is 53.0 Å². The van der Waals surface area contributed by atoms with Crippen LogP contribution >= 0.6 is 0 Å². The molecule has 1 aliphatic rings. The highest BCUT2D eigenvalue weighted by Gasteiger charge is 2.36. The van der Waals surface area contributed by atoms with Crippen LogP contribution in [0.15, 0.2) is 0 Å². The van der Waals surface area contributed by atoms with Gasteiger partial charge in [0.25, 0.3) is 0 Å². The van der Waals surface area contributed by atoms with Gasteiger partial charge in [-0.3, -0.25) is 4.79 Å². The quantitative estimate of drug-likeness (QED) is 0.752. The first-order valence-corrected chi connectivity index (χ1v) is 6.46. The van der Waals surface area contributed by atoms with E-state index in [4.69, 9.17) is 0 Å². The van der Waals surface area contributed by atoms with Crippen LogP contribution in [-0.2, 0) is 4.79 Å². The maximum Gasteiger partial charge on any atom is 0.227 e. The molecule has 0 bridgehead atoms. The number of hydrogen-bond donors (Lipinski definition) is 2. The Morgan fingerprint density at radius 1 is 1.38 bits per heavy atom. The fourth-order valence-electron chi connectivity index (χ4n) is 2.06. The van der Waals surface area contributed by atoms with E-state index < -0.39 is 0 Å². The third kappa shape index (κ3) is 3.78. The topological polar surface area (TPSA) is 41.1 Å². The van der Waals surface area contributed by atoms with E-state index in [-0.39, 0.29) is 11.3 Å². The van der Waals surface area contributed by atoms with Crippen LogP contribution in [0, 0.1) is 11.3 Å². The highest BCUT2D eigenvalue weighted by molar-refractivity contribution is 5.83. The fraction of sp³-hybridized carbons (Fsp3) is 0.923. The third-order valence-electron chi connectivity index (χ3n) is 3.47. The second kappa shape index (κ2) is 5.67. The van der Waals surface area contributed by atoms with Crippen LogP contribution in [0.4, 0.5) is 0 Å². The molecule has 3 heteroatoms. The lowest BCUT2D eigenvalue weighted by molar-refractivity contribution is -0.129. The number of amides is 1. The van der Waals surface area contributed by atoms with Crippen molar-refractivity contribution in [3.63, 3.8) is 0 Å². The average molecular weight is 226 g/mol. The van der Waals surface area contributed by atoms with Crippen molar-refractivity contribution >= 4 is 5.91 Å². The third-order valence-corrected chi connectivity index (χ3v) is 3.47. The summed E-state index contributed by atoms with van der Waals surface area (Å²) in [5, 5.41) is 6.40. The van der Waals surface area contributed by atoms with Gasteiger partial charge in [-0.1, -0.05) is 13.8 Å². The Bertz CT molecular complexity index is 232. The maximum absolute atomic E-state index is 12.1. The smallest absolute Gasteiger partial charge is 0.227 e. The summed E-state index contributed by atoms with van der Waals surface area (Å²) in [6.45, 7) is 10.4. The van der Waals surface area contributed by atoms with Gasteiger partial charge < -0.3 is 10.6 Å². The fourth-order valence-corrected chi connectivity index (χ4v) is 2.06. The summed E-state index contributed by atoms with van der Waals surface area (Å²) in [6, 6.07) is 0.298. The lowest BCUT2D eigenvalue weighted by Gasteiger charge is -2.24. The molecular formula is C13H26N2O. The summed E-state index contributed by atoms with van der Waals surface area (Å²) in [6.07, 6.45) is 3.21. The molecule has 2 N–H and O–H groups in total. The van der Waals surface area contributed by atoms with Gasteiger partial charge in [0.2, 0.25) is 5.91 Å². The van der Waals surface area contributed by atoms with Gasteiger partial charge in [0.1, 0.15) is 0 Å². The first-order valence-electron chi connectivity index (χ1n) is 6.46. The second-order valence-electron chi connectivity index (χ2n) is 5.83. The Morgan fingerprint density at radius 2 is 2.06 bits per heavy atom. The molecule has 0 aliphatic carbocycles. The molecule has 0 spiro atoms. The van der Waals surface area contributed by atoms with Crippen molar-refractivity contribution in [1.29, 1.82) is 0 Å². The standard InChI is InChI=1S/C13H26N2O/c1-10(2)5-6-11(3)15-12(16)13(4)7-8-14-9-13/h10-11,14H,5-9H2,1-4H3,(H,15,16). The Morgan fingerprint density at radius 3 is 2.56 bits per heavy atom. The number of carbonyl (C=O) groups excluding carboxylic acids is 1. The molecular weight excluding hydrogens is 200 g/mol. The Hall–Kier alpha value is -0.570. The Balaban J connectivity index is 2.33. The molecule has 94 valence electrons. The summed E-state index contributed by atoms with van der Waals surface area (Å²) < 4.78 is 0. The van der Waals surface area contributed by atoms with Crippen LogP contribution in [0.2, 0.25) is 0 Å². The van der Waals surface area contributed by atoms with Crippen molar-refractivity contribution in [1.82, 2.24) is 10.6 Å². The van der Waals surface area contributed by atoms with Gasteiger partial charge in [-0.05, 0) is 45.6 Å². The highest BCUT2D eigenvalue weighted by atomic mass is 16.2.